The van der Waals surface area contributed by atoms with E-state index < -0.39 is 0 Å². The van der Waals surface area contributed by atoms with Crippen molar-refractivity contribution in [3.8, 4) is 5.75 Å². The van der Waals surface area contributed by atoms with Gasteiger partial charge in [0, 0.05) is 12.3 Å². The van der Waals surface area contributed by atoms with E-state index in [9.17, 15) is 0 Å². The van der Waals surface area contributed by atoms with Crippen LogP contribution in [-0.2, 0) is 5.75 Å². The maximum atomic E-state index is 5.58. The first-order chi connectivity index (χ1) is 11.8. The summed E-state index contributed by atoms with van der Waals surface area (Å²) in [6.45, 7) is 3.47. The molecule has 0 saturated heterocycles. The maximum absolute atomic E-state index is 5.58. The van der Waals surface area contributed by atoms with Gasteiger partial charge in [0.25, 0.3) is 0 Å². The van der Waals surface area contributed by atoms with E-state index in [0.717, 1.165) is 35.9 Å². The van der Waals surface area contributed by atoms with E-state index in [2.05, 4.69) is 41.0 Å². The van der Waals surface area contributed by atoms with E-state index in [1.807, 2.05) is 43.0 Å². The van der Waals surface area contributed by atoms with E-state index in [1.165, 1.54) is 5.56 Å². The number of thiocarbonyl (C=S) groups is 1. The Kier molecular flexibility index (Phi) is 8.49. The Bertz CT molecular complexity index is 620. The third-order valence-corrected chi connectivity index (χ3v) is 4.66. The van der Waals surface area contributed by atoms with Gasteiger partial charge in [-0.1, -0.05) is 42.5 Å². The number of para-hydroxylation sites is 2. The molecular weight excluding hydrogens is 336 g/mol. The molecule has 0 amide bonds. The molecule has 0 bridgehead atoms. The van der Waals surface area contributed by atoms with E-state index >= 15 is 0 Å². The highest BCUT2D eigenvalue weighted by Crippen LogP contribution is 2.23. The lowest BCUT2D eigenvalue weighted by molar-refractivity contribution is 0.342. The summed E-state index contributed by atoms with van der Waals surface area (Å²) >= 11 is 7.30. The SMILES string of the molecule is CCOc1ccccc1NC(=S)NCCCSCc1ccccc1. The zero-order chi connectivity index (χ0) is 17.0. The van der Waals surface area contributed by atoms with Crippen LogP contribution in [0.1, 0.15) is 18.9 Å². The van der Waals surface area contributed by atoms with Crippen molar-refractivity contribution in [2.75, 3.05) is 24.2 Å². The van der Waals surface area contributed by atoms with Crippen molar-refractivity contribution in [3.05, 3.63) is 60.2 Å². The van der Waals surface area contributed by atoms with Crippen molar-refractivity contribution in [3.63, 3.8) is 0 Å². The fourth-order valence-electron chi connectivity index (χ4n) is 2.16. The molecule has 0 aliphatic carbocycles. The summed E-state index contributed by atoms with van der Waals surface area (Å²) in [5.41, 5.74) is 2.27. The molecular formula is C19H24N2OS2. The molecule has 128 valence electrons. The van der Waals surface area contributed by atoms with Crippen molar-refractivity contribution in [1.29, 1.82) is 0 Å². The number of ether oxygens (including phenoxy) is 1. The molecule has 0 aromatic heterocycles. The van der Waals surface area contributed by atoms with Crippen LogP contribution in [0.2, 0.25) is 0 Å². The third kappa shape index (κ3) is 6.81. The van der Waals surface area contributed by atoms with Crippen LogP contribution in [0.4, 0.5) is 5.69 Å². The van der Waals surface area contributed by atoms with Gasteiger partial charge in [-0.15, -0.1) is 0 Å². The number of hydrogen-bond donors (Lipinski definition) is 2. The first kappa shape index (κ1) is 18.6. The van der Waals surface area contributed by atoms with Crippen molar-refractivity contribution >= 4 is 34.8 Å². The highest BCUT2D eigenvalue weighted by molar-refractivity contribution is 7.98. The van der Waals surface area contributed by atoms with Gasteiger partial charge in [-0.25, -0.2) is 0 Å². The molecule has 2 N–H and O–H groups in total. The second-order valence-electron chi connectivity index (χ2n) is 5.20. The van der Waals surface area contributed by atoms with Crippen LogP contribution < -0.4 is 15.4 Å². The van der Waals surface area contributed by atoms with E-state index in [0.29, 0.717) is 11.7 Å². The molecule has 2 aromatic rings. The van der Waals surface area contributed by atoms with E-state index in [1.54, 1.807) is 0 Å². The highest BCUT2D eigenvalue weighted by atomic mass is 32.2. The van der Waals surface area contributed by atoms with Crippen molar-refractivity contribution in [2.45, 2.75) is 19.1 Å². The van der Waals surface area contributed by atoms with Crippen LogP contribution in [0.5, 0.6) is 5.75 Å². The molecule has 0 heterocycles. The van der Waals surface area contributed by atoms with Crippen molar-refractivity contribution in [1.82, 2.24) is 5.32 Å². The fraction of sp³-hybridized carbons (Fsp3) is 0.316. The summed E-state index contributed by atoms with van der Waals surface area (Å²) in [6.07, 6.45) is 1.08. The molecule has 5 heteroatoms. The number of nitrogens with one attached hydrogen (secondary N) is 2. The summed E-state index contributed by atoms with van der Waals surface area (Å²) in [7, 11) is 0. The second-order valence-corrected chi connectivity index (χ2v) is 6.72. The Morgan fingerprint density at radius 2 is 1.83 bits per heavy atom. The van der Waals surface area contributed by atoms with Gasteiger partial charge < -0.3 is 15.4 Å². The van der Waals surface area contributed by atoms with Gasteiger partial charge in [-0.2, -0.15) is 11.8 Å². The molecule has 24 heavy (non-hydrogen) atoms. The Morgan fingerprint density at radius 3 is 2.62 bits per heavy atom. The monoisotopic (exact) mass is 360 g/mol. The Hall–Kier alpha value is -1.72. The molecule has 0 unspecified atom stereocenters. The first-order valence-electron chi connectivity index (χ1n) is 8.18. The van der Waals surface area contributed by atoms with Gasteiger partial charge >= 0.3 is 0 Å². The van der Waals surface area contributed by atoms with Crippen LogP contribution in [-0.4, -0.2) is 24.0 Å². The minimum Gasteiger partial charge on any atom is -0.492 e. The quantitative estimate of drug-likeness (QED) is 0.500. The summed E-state index contributed by atoms with van der Waals surface area (Å²) in [5, 5.41) is 7.09. The van der Waals surface area contributed by atoms with Crippen LogP contribution >= 0.6 is 24.0 Å². The van der Waals surface area contributed by atoms with Gasteiger partial charge in [-0.3, -0.25) is 0 Å². The van der Waals surface area contributed by atoms with Crippen LogP contribution in [0.15, 0.2) is 54.6 Å². The molecule has 2 rings (SSSR count). The minimum atomic E-state index is 0.634. The maximum Gasteiger partial charge on any atom is 0.170 e. The molecule has 3 nitrogen and oxygen atoms in total. The lowest BCUT2D eigenvalue weighted by Gasteiger charge is -2.14. The van der Waals surface area contributed by atoms with Crippen LogP contribution in [0, 0.1) is 0 Å². The predicted octanol–water partition coefficient (Wildman–Crippen LogP) is 4.70. The molecule has 0 aliphatic heterocycles. The average molecular weight is 361 g/mol. The summed E-state index contributed by atoms with van der Waals surface area (Å²) in [6, 6.07) is 18.4. The lowest BCUT2D eigenvalue weighted by Crippen LogP contribution is -2.29. The van der Waals surface area contributed by atoms with Crippen LogP contribution in [0.3, 0.4) is 0 Å². The third-order valence-electron chi connectivity index (χ3n) is 3.30. The zero-order valence-electron chi connectivity index (χ0n) is 14.0. The molecule has 0 atom stereocenters. The molecule has 2 aromatic carbocycles. The van der Waals surface area contributed by atoms with E-state index in [4.69, 9.17) is 17.0 Å². The van der Waals surface area contributed by atoms with Gasteiger partial charge in [0.05, 0.1) is 12.3 Å². The summed E-state index contributed by atoms with van der Waals surface area (Å²) < 4.78 is 5.58. The van der Waals surface area contributed by atoms with Crippen molar-refractivity contribution < 1.29 is 4.74 Å². The van der Waals surface area contributed by atoms with E-state index in [-0.39, 0.29) is 0 Å². The Balaban J connectivity index is 1.61. The zero-order valence-corrected chi connectivity index (χ0v) is 15.6. The molecule has 0 aliphatic rings. The smallest absolute Gasteiger partial charge is 0.170 e. The largest absolute Gasteiger partial charge is 0.492 e. The fourth-order valence-corrected chi connectivity index (χ4v) is 3.29. The second kappa shape index (κ2) is 10.9. The molecule has 0 radical (unpaired) electrons. The minimum absolute atomic E-state index is 0.634. The van der Waals surface area contributed by atoms with Gasteiger partial charge in [0.15, 0.2) is 5.11 Å². The number of benzene rings is 2. The first-order valence-corrected chi connectivity index (χ1v) is 9.74. The normalized spacial score (nSPS) is 10.2. The number of rotatable bonds is 9. The highest BCUT2D eigenvalue weighted by Gasteiger charge is 2.04. The van der Waals surface area contributed by atoms with Gasteiger partial charge in [-0.05, 0) is 49.0 Å². The van der Waals surface area contributed by atoms with Gasteiger partial charge in [0.2, 0.25) is 0 Å². The number of hydrogen-bond acceptors (Lipinski definition) is 3. The molecule has 0 spiro atoms. The Morgan fingerprint density at radius 1 is 1.08 bits per heavy atom. The van der Waals surface area contributed by atoms with Crippen LogP contribution in [0.25, 0.3) is 0 Å². The summed E-state index contributed by atoms with van der Waals surface area (Å²) in [5.74, 6) is 2.99. The van der Waals surface area contributed by atoms with Crippen molar-refractivity contribution in [2.24, 2.45) is 0 Å². The average Bonchev–Trinajstić information content (AvgIpc) is 2.61. The summed E-state index contributed by atoms with van der Waals surface area (Å²) in [4.78, 5) is 0. The van der Waals surface area contributed by atoms with Gasteiger partial charge in [0.1, 0.15) is 5.75 Å². The topological polar surface area (TPSA) is 33.3 Å². The number of thioether (sulfide) groups is 1. The predicted molar refractivity (Wildman–Crippen MR) is 109 cm³/mol. The number of anilines is 1. The molecule has 0 fully saturated rings. The lowest BCUT2D eigenvalue weighted by atomic mass is 10.2. The molecule has 0 saturated carbocycles. The standard InChI is InChI=1S/C19H24N2OS2/c1-2-22-18-12-7-6-11-17(18)21-19(23)20-13-8-14-24-15-16-9-4-3-5-10-16/h3-7,9-12H,2,8,13-15H2,1H3,(H2,20,21,23). The Labute approximate surface area is 154 Å².